The summed E-state index contributed by atoms with van der Waals surface area (Å²) in [5.74, 6) is 0.713. The minimum absolute atomic E-state index is 0.101. The second-order valence-electron chi connectivity index (χ2n) is 6.30. The number of thiazole rings is 1. The minimum atomic E-state index is 0.101. The van der Waals surface area contributed by atoms with Crippen LogP contribution >= 0.6 is 11.3 Å². The average Bonchev–Trinajstić information content (AvgIpc) is 2.88. The van der Waals surface area contributed by atoms with E-state index in [-0.39, 0.29) is 5.41 Å². The van der Waals surface area contributed by atoms with Gasteiger partial charge < -0.3 is 5.32 Å². The zero-order chi connectivity index (χ0) is 15.5. The molecule has 0 unspecified atom stereocenters. The first-order valence-electron chi connectivity index (χ1n) is 7.41. The van der Waals surface area contributed by atoms with Crippen molar-refractivity contribution < 1.29 is 0 Å². The summed E-state index contributed by atoms with van der Waals surface area (Å²) in [5, 5.41) is 6.51. The van der Waals surface area contributed by atoms with Gasteiger partial charge in [0.2, 0.25) is 5.95 Å². The van der Waals surface area contributed by atoms with Gasteiger partial charge in [0.1, 0.15) is 0 Å². The second kappa shape index (κ2) is 6.52. The van der Waals surface area contributed by atoms with E-state index in [0.717, 1.165) is 41.3 Å². The molecule has 0 radical (unpaired) electrons. The number of nitrogens with one attached hydrogen (secondary N) is 1. The third kappa shape index (κ3) is 4.24. The Morgan fingerprint density at radius 2 is 2.00 bits per heavy atom. The van der Waals surface area contributed by atoms with E-state index >= 15 is 0 Å². The first-order chi connectivity index (χ1) is 9.90. The van der Waals surface area contributed by atoms with Crippen LogP contribution in [0.15, 0.2) is 11.6 Å². The molecule has 0 spiro atoms. The molecule has 5 heteroatoms. The minimum Gasteiger partial charge on any atom is -0.354 e. The highest BCUT2D eigenvalue weighted by atomic mass is 32.1. The van der Waals surface area contributed by atoms with Gasteiger partial charge in [0.05, 0.1) is 16.4 Å². The zero-order valence-corrected chi connectivity index (χ0v) is 14.3. The summed E-state index contributed by atoms with van der Waals surface area (Å²) in [6, 6.07) is 0. The Bertz CT molecular complexity index is 599. The normalized spacial score (nSPS) is 11.7. The lowest BCUT2D eigenvalue weighted by Crippen LogP contribution is -2.11. The van der Waals surface area contributed by atoms with Crippen molar-refractivity contribution in [2.24, 2.45) is 0 Å². The monoisotopic (exact) mass is 304 g/mol. The van der Waals surface area contributed by atoms with E-state index in [1.165, 1.54) is 0 Å². The number of nitrogens with zero attached hydrogens (tertiary/aromatic N) is 3. The Morgan fingerprint density at radius 1 is 1.24 bits per heavy atom. The fourth-order valence-electron chi connectivity index (χ4n) is 1.86. The van der Waals surface area contributed by atoms with Gasteiger partial charge >= 0.3 is 0 Å². The summed E-state index contributed by atoms with van der Waals surface area (Å²) in [6.07, 6.45) is 3.72. The first-order valence-corrected chi connectivity index (χ1v) is 8.29. The maximum absolute atomic E-state index is 4.75. The number of rotatable bonds is 5. The van der Waals surface area contributed by atoms with Crippen LogP contribution in [0.1, 0.15) is 56.1 Å². The molecule has 0 fully saturated rings. The molecule has 0 amide bonds. The summed E-state index contributed by atoms with van der Waals surface area (Å²) in [7, 11) is 0. The van der Waals surface area contributed by atoms with Crippen LogP contribution in [0.5, 0.6) is 0 Å². The summed E-state index contributed by atoms with van der Waals surface area (Å²) in [4.78, 5) is 13.7. The quantitative estimate of drug-likeness (QED) is 0.908. The van der Waals surface area contributed by atoms with E-state index in [1.807, 2.05) is 6.20 Å². The number of hydrogen-bond donors (Lipinski definition) is 1. The highest BCUT2D eigenvalue weighted by Gasteiger charge is 2.18. The largest absolute Gasteiger partial charge is 0.354 e. The third-order valence-electron chi connectivity index (χ3n) is 3.25. The van der Waals surface area contributed by atoms with Crippen LogP contribution < -0.4 is 5.32 Å². The van der Waals surface area contributed by atoms with Gasteiger partial charge in [-0.05, 0) is 18.9 Å². The van der Waals surface area contributed by atoms with Gasteiger partial charge in [-0.1, -0.05) is 27.7 Å². The molecule has 2 rings (SSSR count). The Balaban J connectivity index is 2.16. The second-order valence-corrected chi connectivity index (χ2v) is 7.25. The van der Waals surface area contributed by atoms with Gasteiger partial charge in [0, 0.05) is 30.0 Å². The van der Waals surface area contributed by atoms with Crippen LogP contribution in [0, 0.1) is 6.92 Å². The van der Waals surface area contributed by atoms with Crippen molar-refractivity contribution in [3.05, 3.63) is 33.5 Å². The maximum atomic E-state index is 4.75. The SMILES string of the molecule is CCCNc1ncc(C)c(Cc2nc(C(C)(C)C)cs2)n1. The fraction of sp³-hybridized carbons (Fsp3) is 0.562. The molecule has 21 heavy (non-hydrogen) atoms. The molecule has 0 bridgehead atoms. The van der Waals surface area contributed by atoms with E-state index in [2.05, 4.69) is 55.3 Å². The summed E-state index contributed by atoms with van der Waals surface area (Å²) < 4.78 is 0. The van der Waals surface area contributed by atoms with Gasteiger partial charge in [0.25, 0.3) is 0 Å². The molecule has 114 valence electrons. The maximum Gasteiger partial charge on any atom is 0.222 e. The van der Waals surface area contributed by atoms with Crippen molar-refractivity contribution in [2.45, 2.75) is 52.9 Å². The summed E-state index contributed by atoms with van der Waals surface area (Å²) >= 11 is 1.71. The van der Waals surface area contributed by atoms with Gasteiger partial charge in [-0.25, -0.2) is 15.0 Å². The molecule has 2 aromatic rings. The lowest BCUT2D eigenvalue weighted by atomic mass is 9.93. The van der Waals surface area contributed by atoms with E-state index in [0.29, 0.717) is 5.95 Å². The van der Waals surface area contributed by atoms with E-state index in [9.17, 15) is 0 Å². The van der Waals surface area contributed by atoms with E-state index in [4.69, 9.17) is 4.98 Å². The van der Waals surface area contributed by atoms with E-state index < -0.39 is 0 Å². The topological polar surface area (TPSA) is 50.7 Å². The number of aromatic nitrogens is 3. The smallest absolute Gasteiger partial charge is 0.222 e. The van der Waals surface area contributed by atoms with Crippen LogP contribution in [0.3, 0.4) is 0 Å². The van der Waals surface area contributed by atoms with Crippen LogP contribution in [0.2, 0.25) is 0 Å². The molecule has 1 N–H and O–H groups in total. The van der Waals surface area contributed by atoms with Crippen LogP contribution in [-0.4, -0.2) is 21.5 Å². The highest BCUT2D eigenvalue weighted by molar-refractivity contribution is 7.09. The zero-order valence-electron chi connectivity index (χ0n) is 13.5. The van der Waals surface area contributed by atoms with Gasteiger partial charge in [0.15, 0.2) is 0 Å². The van der Waals surface area contributed by atoms with E-state index in [1.54, 1.807) is 11.3 Å². The fourth-order valence-corrected chi connectivity index (χ4v) is 2.88. The highest BCUT2D eigenvalue weighted by Crippen LogP contribution is 2.25. The van der Waals surface area contributed by atoms with Crippen molar-refractivity contribution in [1.29, 1.82) is 0 Å². The van der Waals surface area contributed by atoms with Crippen LogP contribution in [0.25, 0.3) is 0 Å². The summed E-state index contributed by atoms with van der Waals surface area (Å²) in [5.41, 5.74) is 3.42. The molecule has 0 atom stereocenters. The molecule has 0 aliphatic carbocycles. The molecular formula is C16H24N4S. The molecule has 2 heterocycles. The Hall–Kier alpha value is -1.49. The lowest BCUT2D eigenvalue weighted by Gasteiger charge is -2.14. The van der Waals surface area contributed by atoms with Crippen molar-refractivity contribution in [1.82, 2.24) is 15.0 Å². The Kier molecular flexibility index (Phi) is 4.93. The van der Waals surface area contributed by atoms with Crippen molar-refractivity contribution in [3.8, 4) is 0 Å². The predicted molar refractivity (Wildman–Crippen MR) is 89.2 cm³/mol. The number of anilines is 1. The Morgan fingerprint density at radius 3 is 2.62 bits per heavy atom. The van der Waals surface area contributed by atoms with Crippen molar-refractivity contribution in [2.75, 3.05) is 11.9 Å². The average molecular weight is 304 g/mol. The first kappa shape index (κ1) is 15.9. The number of hydrogen-bond acceptors (Lipinski definition) is 5. The van der Waals surface area contributed by atoms with Crippen molar-refractivity contribution >= 4 is 17.3 Å². The molecule has 0 saturated carbocycles. The molecule has 0 aromatic carbocycles. The summed E-state index contributed by atoms with van der Waals surface area (Å²) in [6.45, 7) is 11.6. The van der Waals surface area contributed by atoms with Gasteiger partial charge in [-0.15, -0.1) is 11.3 Å². The number of aryl methyl sites for hydroxylation is 1. The standard InChI is InChI=1S/C16H24N4S/c1-6-7-17-15-18-9-11(2)12(19-15)8-14-20-13(10-21-14)16(3,4)5/h9-10H,6-8H2,1-5H3,(H,17,18,19). The Labute approximate surface area is 131 Å². The van der Waals surface area contributed by atoms with Crippen LogP contribution in [0.4, 0.5) is 5.95 Å². The molecule has 4 nitrogen and oxygen atoms in total. The van der Waals surface area contributed by atoms with Gasteiger partial charge in [-0.3, -0.25) is 0 Å². The lowest BCUT2D eigenvalue weighted by molar-refractivity contribution is 0.571. The molecule has 0 saturated heterocycles. The molecule has 2 aromatic heterocycles. The van der Waals surface area contributed by atoms with Gasteiger partial charge in [-0.2, -0.15) is 0 Å². The van der Waals surface area contributed by atoms with Crippen LogP contribution in [-0.2, 0) is 11.8 Å². The third-order valence-corrected chi connectivity index (χ3v) is 4.10. The van der Waals surface area contributed by atoms with Crippen molar-refractivity contribution in [3.63, 3.8) is 0 Å². The predicted octanol–water partition coefficient (Wildman–Crippen LogP) is 3.95. The molecular weight excluding hydrogens is 280 g/mol. The molecule has 0 aliphatic heterocycles. The molecule has 0 aliphatic rings.